The molecule has 4 atom stereocenters. The second-order valence-corrected chi connectivity index (χ2v) is 9.16. The van der Waals surface area contributed by atoms with E-state index in [2.05, 4.69) is 6.07 Å². The maximum absolute atomic E-state index is 13.6. The van der Waals surface area contributed by atoms with Gasteiger partial charge in [-0.25, -0.2) is 0 Å². The normalized spacial score (nSPS) is 26.8. The zero-order valence-electron chi connectivity index (χ0n) is 15.4. The lowest BCUT2D eigenvalue weighted by Crippen LogP contribution is -2.44. The smallest absolute Gasteiger partial charge is 0.270 e. The third-order valence-electron chi connectivity index (χ3n) is 4.97. The van der Waals surface area contributed by atoms with Gasteiger partial charge in [-0.15, -0.1) is 24.4 Å². The van der Waals surface area contributed by atoms with Gasteiger partial charge in [0.15, 0.2) is 5.78 Å². The van der Waals surface area contributed by atoms with Crippen LogP contribution in [0, 0.1) is 27.4 Å². The molecule has 0 spiro atoms. The number of nitriles is 1. The van der Waals surface area contributed by atoms with Crippen molar-refractivity contribution in [3.8, 4) is 6.07 Å². The average molecular weight is 414 g/mol. The van der Waals surface area contributed by atoms with Gasteiger partial charge in [0.25, 0.3) is 5.69 Å². The zero-order valence-corrected chi connectivity index (χ0v) is 17.1. The summed E-state index contributed by atoms with van der Waals surface area (Å²) in [5, 5.41) is 20.4. The summed E-state index contributed by atoms with van der Waals surface area (Å²) < 4.78 is -0.928. The maximum atomic E-state index is 13.6. The van der Waals surface area contributed by atoms with Gasteiger partial charge >= 0.3 is 0 Å². The fourth-order valence-corrected chi connectivity index (χ4v) is 5.68. The highest BCUT2D eigenvalue weighted by molar-refractivity contribution is 8.12. The Bertz CT molecular complexity index is 945. The molecule has 144 valence electrons. The number of carbonyl (C=O) groups excluding carboxylic acids is 1. The lowest BCUT2D eigenvalue weighted by molar-refractivity contribution is -0.384. The van der Waals surface area contributed by atoms with E-state index in [-0.39, 0.29) is 23.0 Å². The van der Waals surface area contributed by atoms with Crippen LogP contribution in [0.2, 0.25) is 0 Å². The summed E-state index contributed by atoms with van der Waals surface area (Å²) in [4.78, 5) is 26.0. The van der Waals surface area contributed by atoms with E-state index >= 15 is 0 Å². The molecule has 0 aromatic heterocycles. The number of nitro benzene ring substituents is 1. The topological polar surface area (TPSA) is 87.2 Å². The van der Waals surface area contributed by atoms with E-state index in [0.717, 1.165) is 5.56 Å². The van der Waals surface area contributed by atoms with Crippen molar-refractivity contribution < 1.29 is 9.72 Å². The van der Waals surface area contributed by atoms with E-state index < -0.39 is 20.3 Å². The number of non-ortho nitro benzene ring substituents is 1. The Morgan fingerprint density at radius 3 is 2.50 bits per heavy atom. The second-order valence-electron chi connectivity index (χ2n) is 6.81. The Hall–Kier alpha value is -2.34. The number of ketones is 1. The molecular weight excluding hydrogens is 394 g/mol. The minimum absolute atomic E-state index is 0.140. The maximum Gasteiger partial charge on any atom is 0.270 e. The number of rotatable bonds is 5. The number of benzene rings is 2. The number of hydrogen-bond donors (Lipinski definition) is 1. The Kier molecular flexibility index (Phi) is 5.79. The number of nitro groups is 1. The summed E-state index contributed by atoms with van der Waals surface area (Å²) in [6.07, 6.45) is 0. The molecule has 1 heterocycles. The van der Waals surface area contributed by atoms with E-state index in [1.165, 1.54) is 30.0 Å². The van der Waals surface area contributed by atoms with Crippen LogP contribution in [0.1, 0.15) is 21.8 Å². The van der Waals surface area contributed by atoms with E-state index in [0.29, 0.717) is 0 Å². The summed E-state index contributed by atoms with van der Waals surface area (Å²) in [5.41, 5.74) is 0.988. The first-order chi connectivity index (χ1) is 13.3. The SMILES string of the molecule is CN(C)C1(S)SC(C#N)C(c2ccccc2)C1C(=O)c1cccc([N+](=O)[O-])c1. The average Bonchev–Trinajstić information content (AvgIpc) is 3.02. The van der Waals surface area contributed by atoms with Crippen LogP contribution in [0.5, 0.6) is 0 Å². The molecule has 1 fully saturated rings. The molecule has 0 radical (unpaired) electrons. The molecule has 2 aromatic carbocycles. The zero-order chi connectivity index (χ0) is 20.5. The molecule has 8 heteroatoms. The fourth-order valence-electron chi connectivity index (χ4n) is 3.56. The van der Waals surface area contributed by atoms with E-state index in [1.54, 1.807) is 6.07 Å². The Labute approximate surface area is 173 Å². The molecule has 1 aliphatic heterocycles. The first-order valence-electron chi connectivity index (χ1n) is 8.60. The summed E-state index contributed by atoms with van der Waals surface area (Å²) in [6.45, 7) is 0. The van der Waals surface area contributed by atoms with Crippen LogP contribution in [0.25, 0.3) is 0 Å². The number of thiol groups is 1. The van der Waals surface area contributed by atoms with Gasteiger partial charge in [0.05, 0.1) is 16.9 Å². The molecule has 2 aromatic rings. The molecule has 0 aliphatic carbocycles. The van der Waals surface area contributed by atoms with Crippen LogP contribution >= 0.6 is 24.4 Å². The highest BCUT2D eigenvalue weighted by atomic mass is 32.2. The van der Waals surface area contributed by atoms with Gasteiger partial charge in [0, 0.05) is 23.6 Å². The first kappa shape index (κ1) is 20.4. The van der Waals surface area contributed by atoms with Crippen molar-refractivity contribution in [3.05, 3.63) is 75.8 Å². The predicted octanol–water partition coefficient (Wildman–Crippen LogP) is 3.96. The van der Waals surface area contributed by atoms with Gasteiger partial charge in [-0.1, -0.05) is 42.5 Å². The molecule has 0 saturated carbocycles. The van der Waals surface area contributed by atoms with Crippen LogP contribution in [0.15, 0.2) is 54.6 Å². The number of Topliss-reactive ketones (excluding diaryl/α,β-unsaturated/α-hetero) is 1. The van der Waals surface area contributed by atoms with Crippen LogP contribution < -0.4 is 0 Å². The van der Waals surface area contributed by atoms with Gasteiger partial charge in [0.2, 0.25) is 0 Å². The van der Waals surface area contributed by atoms with E-state index in [4.69, 9.17) is 12.6 Å². The largest absolute Gasteiger partial charge is 0.294 e. The van der Waals surface area contributed by atoms with Crippen molar-refractivity contribution in [1.82, 2.24) is 4.90 Å². The van der Waals surface area contributed by atoms with Crippen molar-refractivity contribution >= 4 is 35.9 Å². The standard InChI is InChI=1S/C20H19N3O3S2/c1-22(2)20(27)18(19(24)14-9-6-10-15(11-14)23(25)26)17(16(12-21)28-20)13-7-4-3-5-8-13/h3-11,16-18,27H,1-2H3. The Morgan fingerprint density at radius 1 is 1.25 bits per heavy atom. The number of carbonyl (C=O) groups is 1. The Balaban J connectivity index is 2.14. The number of thioether (sulfide) groups is 1. The van der Waals surface area contributed by atoms with Crippen molar-refractivity contribution in [2.24, 2.45) is 5.92 Å². The van der Waals surface area contributed by atoms with Crippen LogP contribution in [0.3, 0.4) is 0 Å². The highest BCUT2D eigenvalue weighted by Crippen LogP contribution is 2.58. The quantitative estimate of drug-likeness (QED) is 0.262. The van der Waals surface area contributed by atoms with Gasteiger partial charge in [-0.3, -0.25) is 19.8 Å². The molecule has 3 rings (SSSR count). The molecule has 4 unspecified atom stereocenters. The highest BCUT2D eigenvalue weighted by Gasteiger charge is 2.57. The Morgan fingerprint density at radius 2 is 1.93 bits per heavy atom. The summed E-state index contributed by atoms with van der Waals surface area (Å²) in [6, 6.07) is 17.5. The van der Waals surface area contributed by atoms with Crippen molar-refractivity contribution in [2.45, 2.75) is 15.4 Å². The molecule has 1 saturated heterocycles. The van der Waals surface area contributed by atoms with Gasteiger partial charge < -0.3 is 0 Å². The van der Waals surface area contributed by atoms with E-state index in [9.17, 15) is 20.2 Å². The van der Waals surface area contributed by atoms with Crippen molar-refractivity contribution in [3.63, 3.8) is 0 Å². The number of nitrogens with zero attached hydrogens (tertiary/aromatic N) is 3. The summed E-state index contributed by atoms with van der Waals surface area (Å²) >= 11 is 6.17. The molecule has 0 N–H and O–H groups in total. The molecule has 0 bridgehead atoms. The van der Waals surface area contributed by atoms with Gasteiger partial charge in [-0.05, 0) is 19.7 Å². The molecule has 1 aliphatic rings. The molecular formula is C20H19N3O3S2. The van der Waals surface area contributed by atoms with Crippen molar-refractivity contribution in [2.75, 3.05) is 14.1 Å². The van der Waals surface area contributed by atoms with Crippen LogP contribution in [-0.4, -0.2) is 39.2 Å². The second kappa shape index (κ2) is 7.95. The lowest BCUT2D eigenvalue weighted by atomic mass is 9.79. The monoisotopic (exact) mass is 413 g/mol. The first-order valence-corrected chi connectivity index (χ1v) is 9.93. The predicted molar refractivity (Wildman–Crippen MR) is 112 cm³/mol. The summed E-state index contributed by atoms with van der Waals surface area (Å²) in [7, 11) is 3.63. The van der Waals surface area contributed by atoms with Gasteiger partial charge in [0.1, 0.15) is 9.45 Å². The molecule has 0 amide bonds. The molecule has 28 heavy (non-hydrogen) atoms. The van der Waals surface area contributed by atoms with E-state index in [1.807, 2.05) is 49.3 Å². The lowest BCUT2D eigenvalue weighted by Gasteiger charge is -2.36. The van der Waals surface area contributed by atoms with Crippen LogP contribution in [0.4, 0.5) is 5.69 Å². The van der Waals surface area contributed by atoms with Crippen molar-refractivity contribution in [1.29, 1.82) is 5.26 Å². The van der Waals surface area contributed by atoms with Gasteiger partial charge in [-0.2, -0.15) is 5.26 Å². The third kappa shape index (κ3) is 3.53. The molecule has 6 nitrogen and oxygen atoms in total. The summed E-state index contributed by atoms with van der Waals surface area (Å²) in [5.74, 6) is -1.31. The van der Waals surface area contributed by atoms with Crippen LogP contribution in [-0.2, 0) is 0 Å². The fraction of sp³-hybridized carbons (Fsp3) is 0.300. The number of hydrogen-bond acceptors (Lipinski definition) is 7. The minimum Gasteiger partial charge on any atom is -0.294 e. The third-order valence-corrected chi connectivity index (χ3v) is 7.58. The minimum atomic E-state index is -0.928.